The van der Waals surface area contributed by atoms with Crippen molar-refractivity contribution in [3.05, 3.63) is 53.0 Å². The maximum Gasteiger partial charge on any atom is 0.250 e. The van der Waals surface area contributed by atoms with Crippen molar-refractivity contribution in [2.75, 3.05) is 13.1 Å². The highest BCUT2D eigenvalue weighted by Crippen LogP contribution is 2.33. The summed E-state index contributed by atoms with van der Waals surface area (Å²) >= 11 is 0. The molecule has 2 aliphatic rings. The minimum absolute atomic E-state index is 0.0542. The van der Waals surface area contributed by atoms with Crippen LogP contribution in [0.1, 0.15) is 43.8 Å². The van der Waals surface area contributed by atoms with Gasteiger partial charge in [0.2, 0.25) is 5.91 Å². The average Bonchev–Trinajstić information content (AvgIpc) is 3.36. The van der Waals surface area contributed by atoms with Crippen molar-refractivity contribution in [1.29, 1.82) is 0 Å². The van der Waals surface area contributed by atoms with Gasteiger partial charge in [0.05, 0.1) is 0 Å². The standard InChI is InChI=1S/C20H26N4O2/c25-18-3-1-2-10-22(18)13-8-19(26)23-11-6-17(7-12-23)20-21-9-14-24(20)15-16-4-5-16/h1-3,9-10,14,16-17H,4-8,11-13,15H2. The lowest BCUT2D eigenvalue weighted by molar-refractivity contribution is -0.132. The Labute approximate surface area is 153 Å². The zero-order valence-corrected chi connectivity index (χ0v) is 15.1. The molecule has 1 aliphatic carbocycles. The second-order valence-electron chi connectivity index (χ2n) is 7.52. The van der Waals surface area contributed by atoms with Gasteiger partial charge in [-0.3, -0.25) is 9.59 Å². The highest BCUT2D eigenvalue weighted by atomic mass is 16.2. The van der Waals surface area contributed by atoms with Crippen LogP contribution in [0.3, 0.4) is 0 Å². The van der Waals surface area contributed by atoms with Gasteiger partial charge in [-0.25, -0.2) is 4.98 Å². The first-order chi connectivity index (χ1) is 12.7. The van der Waals surface area contributed by atoms with Gasteiger partial charge in [0, 0.05) is 63.2 Å². The van der Waals surface area contributed by atoms with Gasteiger partial charge < -0.3 is 14.0 Å². The number of piperidine rings is 1. The van der Waals surface area contributed by atoms with Crippen LogP contribution < -0.4 is 5.56 Å². The number of aryl methyl sites for hydroxylation is 1. The van der Waals surface area contributed by atoms with Crippen LogP contribution in [0.2, 0.25) is 0 Å². The van der Waals surface area contributed by atoms with Gasteiger partial charge in [-0.1, -0.05) is 6.07 Å². The molecule has 2 aromatic heterocycles. The van der Waals surface area contributed by atoms with Crippen LogP contribution in [0.4, 0.5) is 0 Å². The summed E-state index contributed by atoms with van der Waals surface area (Å²) in [5.41, 5.74) is -0.0542. The normalized spacial score (nSPS) is 18.2. The highest BCUT2D eigenvalue weighted by Gasteiger charge is 2.28. The summed E-state index contributed by atoms with van der Waals surface area (Å²) in [4.78, 5) is 30.8. The third-order valence-corrected chi connectivity index (χ3v) is 5.58. The fraction of sp³-hybridized carbons (Fsp3) is 0.550. The molecule has 1 saturated carbocycles. The Hall–Kier alpha value is -2.37. The molecule has 2 fully saturated rings. The third kappa shape index (κ3) is 3.89. The largest absolute Gasteiger partial charge is 0.343 e. The first-order valence-corrected chi connectivity index (χ1v) is 9.65. The van der Waals surface area contributed by atoms with Crippen molar-refractivity contribution in [3.8, 4) is 0 Å². The molecule has 6 nitrogen and oxygen atoms in total. The number of amides is 1. The summed E-state index contributed by atoms with van der Waals surface area (Å²) in [6.45, 7) is 3.11. The number of rotatable bonds is 6. The first-order valence-electron chi connectivity index (χ1n) is 9.65. The molecule has 0 unspecified atom stereocenters. The smallest absolute Gasteiger partial charge is 0.250 e. The van der Waals surface area contributed by atoms with Gasteiger partial charge >= 0.3 is 0 Å². The van der Waals surface area contributed by atoms with Crippen molar-refractivity contribution in [2.24, 2.45) is 5.92 Å². The van der Waals surface area contributed by atoms with E-state index in [1.165, 1.54) is 24.7 Å². The molecule has 138 valence electrons. The lowest BCUT2D eigenvalue weighted by atomic mass is 9.95. The summed E-state index contributed by atoms with van der Waals surface area (Å²) < 4.78 is 3.92. The number of carbonyl (C=O) groups excluding carboxylic acids is 1. The third-order valence-electron chi connectivity index (χ3n) is 5.58. The fourth-order valence-corrected chi connectivity index (χ4v) is 3.82. The molecule has 3 heterocycles. The van der Waals surface area contributed by atoms with E-state index in [-0.39, 0.29) is 11.5 Å². The highest BCUT2D eigenvalue weighted by molar-refractivity contribution is 5.76. The van der Waals surface area contributed by atoms with Crippen LogP contribution in [0.5, 0.6) is 0 Å². The van der Waals surface area contributed by atoms with Crippen molar-refractivity contribution in [2.45, 2.75) is 51.1 Å². The average molecular weight is 354 g/mol. The Morgan fingerprint density at radius 3 is 2.62 bits per heavy atom. The summed E-state index contributed by atoms with van der Waals surface area (Å²) in [6, 6.07) is 5.07. The first kappa shape index (κ1) is 17.1. The van der Waals surface area contributed by atoms with E-state index in [1.807, 2.05) is 17.2 Å². The lowest BCUT2D eigenvalue weighted by Crippen LogP contribution is -2.39. The van der Waals surface area contributed by atoms with E-state index in [4.69, 9.17) is 0 Å². The molecule has 1 saturated heterocycles. The van der Waals surface area contributed by atoms with Crippen molar-refractivity contribution < 1.29 is 4.79 Å². The number of nitrogens with zero attached hydrogens (tertiary/aromatic N) is 4. The second-order valence-corrected chi connectivity index (χ2v) is 7.52. The summed E-state index contributed by atoms with van der Waals surface area (Å²) in [6.07, 6.45) is 10.8. The minimum Gasteiger partial charge on any atom is -0.343 e. The Kier molecular flexibility index (Phi) is 4.91. The molecule has 26 heavy (non-hydrogen) atoms. The fourth-order valence-electron chi connectivity index (χ4n) is 3.82. The number of hydrogen-bond donors (Lipinski definition) is 0. The predicted octanol–water partition coefficient (Wildman–Crippen LogP) is 2.25. The van der Waals surface area contributed by atoms with Gasteiger partial charge in [0.15, 0.2) is 0 Å². The molecule has 1 aliphatic heterocycles. The molecule has 1 amide bonds. The maximum atomic E-state index is 12.5. The monoisotopic (exact) mass is 354 g/mol. The van der Waals surface area contributed by atoms with Gasteiger partial charge in [0.1, 0.15) is 5.82 Å². The van der Waals surface area contributed by atoms with E-state index in [9.17, 15) is 9.59 Å². The Morgan fingerprint density at radius 1 is 1.08 bits per heavy atom. The Balaban J connectivity index is 1.29. The topological polar surface area (TPSA) is 60.1 Å². The van der Waals surface area contributed by atoms with Crippen molar-refractivity contribution in [3.63, 3.8) is 0 Å². The van der Waals surface area contributed by atoms with E-state index in [0.29, 0.717) is 18.9 Å². The quantitative estimate of drug-likeness (QED) is 0.799. The van der Waals surface area contributed by atoms with Crippen LogP contribution in [0.25, 0.3) is 0 Å². The molecule has 0 N–H and O–H groups in total. The summed E-state index contributed by atoms with van der Waals surface area (Å²) in [7, 11) is 0. The maximum absolute atomic E-state index is 12.5. The Bertz CT molecular complexity index is 813. The van der Waals surface area contributed by atoms with E-state index < -0.39 is 0 Å². The molecule has 0 aromatic carbocycles. The molecule has 2 aromatic rings. The van der Waals surface area contributed by atoms with Gasteiger partial charge in [0.25, 0.3) is 5.56 Å². The van der Waals surface area contributed by atoms with Gasteiger partial charge in [-0.2, -0.15) is 0 Å². The van der Waals surface area contributed by atoms with Crippen molar-refractivity contribution >= 4 is 5.91 Å². The van der Waals surface area contributed by atoms with E-state index in [0.717, 1.165) is 38.4 Å². The summed E-state index contributed by atoms with van der Waals surface area (Å²) in [5.74, 6) is 2.62. The van der Waals surface area contributed by atoms with Crippen LogP contribution in [0.15, 0.2) is 41.6 Å². The number of hydrogen-bond acceptors (Lipinski definition) is 3. The molecular formula is C20H26N4O2. The molecule has 0 bridgehead atoms. The molecule has 4 rings (SSSR count). The predicted molar refractivity (Wildman–Crippen MR) is 98.8 cm³/mol. The number of aromatic nitrogens is 3. The second kappa shape index (κ2) is 7.48. The van der Waals surface area contributed by atoms with Gasteiger partial charge in [-0.05, 0) is 37.7 Å². The number of pyridine rings is 1. The van der Waals surface area contributed by atoms with E-state index in [1.54, 1.807) is 16.8 Å². The SMILES string of the molecule is O=C(CCn1ccccc1=O)N1CCC(c2nccn2CC2CC2)CC1. The number of carbonyl (C=O) groups is 1. The molecule has 6 heteroatoms. The Morgan fingerprint density at radius 2 is 1.88 bits per heavy atom. The van der Waals surface area contributed by atoms with Crippen molar-refractivity contribution in [1.82, 2.24) is 19.0 Å². The van der Waals surface area contributed by atoms with Crippen LogP contribution in [0, 0.1) is 5.92 Å². The van der Waals surface area contributed by atoms with E-state index in [2.05, 4.69) is 15.7 Å². The zero-order valence-electron chi connectivity index (χ0n) is 15.1. The summed E-state index contributed by atoms with van der Waals surface area (Å²) in [5, 5.41) is 0. The molecule has 0 radical (unpaired) electrons. The molecule has 0 atom stereocenters. The lowest BCUT2D eigenvalue weighted by Gasteiger charge is -2.32. The van der Waals surface area contributed by atoms with Gasteiger partial charge in [-0.15, -0.1) is 0 Å². The minimum atomic E-state index is -0.0542. The molecular weight excluding hydrogens is 328 g/mol. The number of imidazole rings is 1. The number of likely N-dealkylation sites (tertiary alicyclic amines) is 1. The molecule has 0 spiro atoms. The van der Waals surface area contributed by atoms with Crippen LogP contribution in [-0.2, 0) is 17.9 Å². The van der Waals surface area contributed by atoms with Crippen LogP contribution in [-0.4, -0.2) is 38.0 Å². The van der Waals surface area contributed by atoms with E-state index >= 15 is 0 Å². The zero-order chi connectivity index (χ0) is 17.9. The van der Waals surface area contributed by atoms with Crippen LogP contribution >= 0.6 is 0 Å².